The number of hydrogen-bond donors (Lipinski definition) is 0. The average molecular weight is 360 g/mol. The molecular formula is C22H20N2O3. The largest absolute Gasteiger partial charge is 0.497 e. The number of nitriles is 1. The lowest BCUT2D eigenvalue weighted by atomic mass is 10.1. The molecule has 0 radical (unpaired) electrons. The van der Waals surface area contributed by atoms with Crippen LogP contribution in [-0.2, 0) is 6.54 Å². The van der Waals surface area contributed by atoms with Crippen LogP contribution in [0.4, 0.5) is 0 Å². The van der Waals surface area contributed by atoms with Crippen LogP contribution in [0.15, 0.2) is 54.6 Å². The van der Waals surface area contributed by atoms with Crippen molar-refractivity contribution in [3.05, 3.63) is 71.4 Å². The summed E-state index contributed by atoms with van der Waals surface area (Å²) in [7, 11) is 3.20. The van der Waals surface area contributed by atoms with Crippen molar-refractivity contribution >= 4 is 5.78 Å². The molecule has 0 aliphatic heterocycles. The highest BCUT2D eigenvalue weighted by Gasteiger charge is 2.18. The SMILES string of the molecule is COc1ccc(C(=O)Cn2c(C)cc(C#N)c2-c2ccc(OC)cc2)cc1. The van der Waals surface area contributed by atoms with Crippen molar-refractivity contribution in [3.63, 3.8) is 0 Å². The number of benzene rings is 2. The van der Waals surface area contributed by atoms with Crippen LogP contribution in [0, 0.1) is 18.3 Å². The van der Waals surface area contributed by atoms with Crippen LogP contribution in [0.2, 0.25) is 0 Å². The predicted molar refractivity (Wildman–Crippen MR) is 103 cm³/mol. The summed E-state index contributed by atoms with van der Waals surface area (Å²) in [5.74, 6) is 1.41. The summed E-state index contributed by atoms with van der Waals surface area (Å²) in [6.45, 7) is 2.05. The molecule has 5 heteroatoms. The molecule has 2 aromatic carbocycles. The number of aromatic nitrogens is 1. The number of carbonyl (C=O) groups is 1. The Labute approximate surface area is 158 Å². The zero-order chi connectivity index (χ0) is 19.4. The van der Waals surface area contributed by atoms with Crippen LogP contribution in [0.3, 0.4) is 0 Å². The van der Waals surface area contributed by atoms with Crippen molar-refractivity contribution < 1.29 is 14.3 Å². The number of methoxy groups -OCH3 is 2. The Morgan fingerprint density at radius 3 is 2.07 bits per heavy atom. The number of ketones is 1. The minimum atomic E-state index is -0.0318. The van der Waals surface area contributed by atoms with E-state index in [9.17, 15) is 10.1 Å². The maximum Gasteiger partial charge on any atom is 0.182 e. The molecule has 3 aromatic rings. The average Bonchev–Trinajstić information content (AvgIpc) is 3.03. The first-order valence-corrected chi connectivity index (χ1v) is 8.49. The predicted octanol–water partition coefficient (Wildman–Crippen LogP) is 4.24. The fourth-order valence-electron chi connectivity index (χ4n) is 3.04. The third-order valence-electron chi connectivity index (χ3n) is 4.50. The maximum absolute atomic E-state index is 12.8. The molecule has 27 heavy (non-hydrogen) atoms. The van der Waals surface area contributed by atoms with Gasteiger partial charge in [-0.1, -0.05) is 0 Å². The Kier molecular flexibility index (Phi) is 5.28. The van der Waals surface area contributed by atoms with E-state index in [-0.39, 0.29) is 12.3 Å². The summed E-state index contributed by atoms with van der Waals surface area (Å²) in [6, 6.07) is 18.5. The van der Waals surface area contributed by atoms with Gasteiger partial charge in [-0.15, -0.1) is 0 Å². The molecule has 0 atom stereocenters. The van der Waals surface area contributed by atoms with Crippen molar-refractivity contribution in [1.29, 1.82) is 5.26 Å². The molecule has 0 N–H and O–H groups in total. The van der Waals surface area contributed by atoms with Crippen molar-refractivity contribution in [3.8, 4) is 28.8 Å². The Morgan fingerprint density at radius 2 is 1.56 bits per heavy atom. The van der Waals surface area contributed by atoms with Gasteiger partial charge < -0.3 is 14.0 Å². The lowest BCUT2D eigenvalue weighted by Crippen LogP contribution is -2.13. The number of rotatable bonds is 6. The number of hydrogen-bond acceptors (Lipinski definition) is 4. The first-order valence-electron chi connectivity index (χ1n) is 8.49. The van der Waals surface area contributed by atoms with Gasteiger partial charge in [0.15, 0.2) is 5.78 Å². The van der Waals surface area contributed by atoms with Crippen molar-refractivity contribution in [2.24, 2.45) is 0 Å². The van der Waals surface area contributed by atoms with Gasteiger partial charge in [0.25, 0.3) is 0 Å². The summed E-state index contributed by atoms with van der Waals surface area (Å²) < 4.78 is 12.2. The van der Waals surface area contributed by atoms with Gasteiger partial charge in [-0.25, -0.2) is 0 Å². The summed E-state index contributed by atoms with van der Waals surface area (Å²) in [6.07, 6.45) is 0. The topological polar surface area (TPSA) is 64.2 Å². The fourth-order valence-corrected chi connectivity index (χ4v) is 3.04. The van der Waals surface area contributed by atoms with E-state index >= 15 is 0 Å². The number of nitrogens with zero attached hydrogens (tertiary/aromatic N) is 2. The highest BCUT2D eigenvalue weighted by Crippen LogP contribution is 2.29. The second-order valence-electron chi connectivity index (χ2n) is 6.13. The summed E-state index contributed by atoms with van der Waals surface area (Å²) in [5, 5.41) is 9.54. The Hall–Kier alpha value is -3.52. The fraction of sp³-hybridized carbons (Fsp3) is 0.182. The molecule has 1 heterocycles. The highest BCUT2D eigenvalue weighted by atomic mass is 16.5. The van der Waals surface area contributed by atoms with Gasteiger partial charge >= 0.3 is 0 Å². The van der Waals surface area contributed by atoms with E-state index in [1.807, 2.05) is 35.8 Å². The normalized spacial score (nSPS) is 10.3. The van der Waals surface area contributed by atoms with Gasteiger partial charge in [-0.3, -0.25) is 4.79 Å². The quantitative estimate of drug-likeness (QED) is 0.617. The number of ether oxygens (including phenoxy) is 2. The van der Waals surface area contributed by atoms with E-state index in [1.54, 1.807) is 44.6 Å². The Bertz CT molecular complexity index is 994. The van der Waals surface area contributed by atoms with E-state index < -0.39 is 0 Å². The molecule has 1 aromatic heterocycles. The smallest absolute Gasteiger partial charge is 0.182 e. The van der Waals surface area contributed by atoms with Crippen LogP contribution >= 0.6 is 0 Å². The van der Waals surface area contributed by atoms with E-state index in [0.717, 1.165) is 22.7 Å². The number of carbonyl (C=O) groups excluding carboxylic acids is 1. The van der Waals surface area contributed by atoms with E-state index in [4.69, 9.17) is 9.47 Å². The minimum Gasteiger partial charge on any atom is -0.497 e. The van der Waals surface area contributed by atoms with E-state index in [0.29, 0.717) is 16.9 Å². The van der Waals surface area contributed by atoms with Crippen LogP contribution < -0.4 is 9.47 Å². The summed E-state index contributed by atoms with van der Waals surface area (Å²) in [4.78, 5) is 12.8. The molecule has 5 nitrogen and oxygen atoms in total. The summed E-state index contributed by atoms with van der Waals surface area (Å²) in [5.41, 5.74) is 3.60. The van der Waals surface area contributed by atoms with Crippen LogP contribution in [0.25, 0.3) is 11.3 Å². The molecule has 0 aliphatic carbocycles. The van der Waals surface area contributed by atoms with Crippen molar-refractivity contribution in [2.45, 2.75) is 13.5 Å². The third kappa shape index (κ3) is 3.70. The first kappa shape index (κ1) is 18.3. The molecule has 0 bridgehead atoms. The Balaban J connectivity index is 1.98. The van der Waals surface area contributed by atoms with Gasteiger partial charge in [0.05, 0.1) is 32.0 Å². The molecular weight excluding hydrogens is 340 g/mol. The number of aryl methyl sites for hydroxylation is 1. The molecule has 3 rings (SSSR count). The van der Waals surface area contributed by atoms with Crippen molar-refractivity contribution in [2.75, 3.05) is 14.2 Å². The standard InChI is InChI=1S/C22H20N2O3/c1-15-12-18(13-23)22(17-6-10-20(27-3)11-7-17)24(15)14-21(25)16-4-8-19(26-2)9-5-16/h4-12H,14H2,1-3H3. The van der Waals surface area contributed by atoms with Crippen LogP contribution in [0.5, 0.6) is 11.5 Å². The molecule has 0 amide bonds. The molecule has 0 unspecified atom stereocenters. The van der Waals surface area contributed by atoms with Gasteiger partial charge in [0.2, 0.25) is 0 Å². The van der Waals surface area contributed by atoms with Crippen molar-refractivity contribution in [1.82, 2.24) is 4.57 Å². The van der Waals surface area contributed by atoms with E-state index in [2.05, 4.69) is 6.07 Å². The molecule has 0 spiro atoms. The van der Waals surface area contributed by atoms with Crippen LogP contribution in [-0.4, -0.2) is 24.6 Å². The molecule has 136 valence electrons. The maximum atomic E-state index is 12.8. The van der Waals surface area contributed by atoms with Gasteiger partial charge in [0, 0.05) is 11.3 Å². The Morgan fingerprint density at radius 1 is 1.00 bits per heavy atom. The zero-order valence-electron chi connectivity index (χ0n) is 15.5. The second-order valence-corrected chi connectivity index (χ2v) is 6.13. The van der Waals surface area contributed by atoms with Gasteiger partial charge in [-0.2, -0.15) is 5.26 Å². The van der Waals surface area contributed by atoms with Crippen LogP contribution in [0.1, 0.15) is 21.6 Å². The lowest BCUT2D eigenvalue weighted by Gasteiger charge is -2.12. The lowest BCUT2D eigenvalue weighted by molar-refractivity contribution is 0.0972. The second kappa shape index (κ2) is 7.79. The first-order chi connectivity index (χ1) is 13.1. The third-order valence-corrected chi connectivity index (χ3v) is 4.50. The molecule has 0 fully saturated rings. The molecule has 0 aliphatic rings. The van der Waals surface area contributed by atoms with Gasteiger partial charge in [-0.05, 0) is 67.1 Å². The monoisotopic (exact) mass is 360 g/mol. The minimum absolute atomic E-state index is 0.0318. The zero-order valence-corrected chi connectivity index (χ0v) is 15.5. The van der Waals surface area contributed by atoms with Gasteiger partial charge in [0.1, 0.15) is 17.6 Å². The highest BCUT2D eigenvalue weighted by molar-refractivity contribution is 5.96. The molecule has 0 saturated carbocycles. The molecule has 0 saturated heterocycles. The summed E-state index contributed by atoms with van der Waals surface area (Å²) >= 11 is 0. The number of Topliss-reactive ketones (excluding diaryl/α,β-unsaturated/α-hetero) is 1. The van der Waals surface area contributed by atoms with E-state index in [1.165, 1.54) is 0 Å².